The molecule has 1 unspecified atom stereocenters. The third-order valence-electron chi connectivity index (χ3n) is 5.64. The van der Waals surface area contributed by atoms with Crippen LogP contribution >= 0.6 is 23.2 Å². The number of anilines is 1. The van der Waals surface area contributed by atoms with E-state index in [1.54, 1.807) is 36.4 Å². The number of rotatable bonds is 4. The maximum Gasteiger partial charge on any atom is 0.294 e. The molecule has 7 heteroatoms. The van der Waals surface area contributed by atoms with Gasteiger partial charge in [0.05, 0.1) is 21.7 Å². The van der Waals surface area contributed by atoms with Crippen LogP contribution in [0.2, 0.25) is 10.0 Å². The van der Waals surface area contributed by atoms with Crippen molar-refractivity contribution in [2.45, 2.75) is 13.0 Å². The van der Waals surface area contributed by atoms with Crippen LogP contribution in [0.5, 0.6) is 0 Å². The molecule has 0 saturated heterocycles. The predicted molar refractivity (Wildman–Crippen MR) is 128 cm³/mol. The Kier molecular flexibility index (Phi) is 5.23. The Balaban J connectivity index is 1.68. The van der Waals surface area contributed by atoms with Crippen molar-refractivity contribution in [3.63, 3.8) is 0 Å². The summed E-state index contributed by atoms with van der Waals surface area (Å²) in [4.78, 5) is 28.2. The first-order valence-corrected chi connectivity index (χ1v) is 10.9. The van der Waals surface area contributed by atoms with Gasteiger partial charge in [0.15, 0.2) is 11.5 Å². The van der Waals surface area contributed by atoms with Gasteiger partial charge in [-0.05, 0) is 42.8 Å². The van der Waals surface area contributed by atoms with Crippen molar-refractivity contribution < 1.29 is 19.1 Å². The van der Waals surface area contributed by atoms with Gasteiger partial charge in [0.25, 0.3) is 5.91 Å². The fourth-order valence-corrected chi connectivity index (χ4v) is 4.41. The largest absolute Gasteiger partial charge is 0.503 e. The molecule has 0 radical (unpaired) electrons. The van der Waals surface area contributed by atoms with E-state index < -0.39 is 23.5 Å². The SMILES string of the molecule is Cc1cccc(C2C(C(=O)c3cc4ccccc4o3)=C(O)C(=O)N2c2ccc(Cl)c(Cl)c2)c1. The number of furan rings is 1. The molecular formula is C26H17Cl2NO4. The maximum atomic E-state index is 13.6. The Labute approximate surface area is 199 Å². The van der Waals surface area contributed by atoms with E-state index in [1.165, 1.54) is 11.0 Å². The molecule has 164 valence electrons. The van der Waals surface area contributed by atoms with Crippen LogP contribution in [0.25, 0.3) is 11.0 Å². The number of amides is 1. The number of hydrogen-bond donors (Lipinski definition) is 1. The van der Waals surface area contributed by atoms with Crippen molar-refractivity contribution in [3.05, 3.63) is 111 Å². The van der Waals surface area contributed by atoms with E-state index >= 15 is 0 Å². The fourth-order valence-electron chi connectivity index (χ4n) is 4.12. The number of hydrogen-bond acceptors (Lipinski definition) is 4. The molecule has 1 N–H and O–H groups in total. The lowest BCUT2D eigenvalue weighted by Gasteiger charge is -2.27. The molecule has 1 amide bonds. The summed E-state index contributed by atoms with van der Waals surface area (Å²) in [5, 5.41) is 12.2. The molecule has 2 heterocycles. The number of aliphatic hydroxyl groups excluding tert-OH is 1. The number of aryl methyl sites for hydroxylation is 1. The number of aliphatic hydroxyl groups is 1. The normalized spacial score (nSPS) is 16.2. The summed E-state index contributed by atoms with van der Waals surface area (Å²) in [6, 6.07) is 20.1. The van der Waals surface area contributed by atoms with E-state index in [4.69, 9.17) is 27.6 Å². The zero-order valence-electron chi connectivity index (χ0n) is 17.4. The molecule has 1 aromatic heterocycles. The van der Waals surface area contributed by atoms with Crippen LogP contribution in [-0.2, 0) is 4.79 Å². The van der Waals surface area contributed by atoms with Gasteiger partial charge in [-0.15, -0.1) is 0 Å². The molecule has 5 rings (SSSR count). The summed E-state index contributed by atoms with van der Waals surface area (Å²) < 4.78 is 5.75. The second kappa shape index (κ2) is 8.10. The fraction of sp³-hybridized carbons (Fsp3) is 0.0769. The topological polar surface area (TPSA) is 70.7 Å². The Morgan fingerprint density at radius 3 is 2.48 bits per heavy atom. The molecule has 0 saturated carbocycles. The highest BCUT2D eigenvalue weighted by molar-refractivity contribution is 6.42. The van der Waals surface area contributed by atoms with Gasteiger partial charge in [-0.1, -0.05) is 71.2 Å². The van der Waals surface area contributed by atoms with E-state index in [-0.39, 0.29) is 16.4 Å². The zero-order chi connectivity index (χ0) is 23.3. The summed E-state index contributed by atoms with van der Waals surface area (Å²) in [5.74, 6) is -1.86. The molecule has 1 atom stereocenters. The van der Waals surface area contributed by atoms with Crippen molar-refractivity contribution in [1.82, 2.24) is 0 Å². The van der Waals surface area contributed by atoms with Crippen molar-refractivity contribution in [1.29, 1.82) is 0 Å². The van der Waals surface area contributed by atoms with Crippen molar-refractivity contribution in [2.24, 2.45) is 0 Å². The number of carbonyl (C=O) groups is 2. The van der Waals surface area contributed by atoms with Crippen LogP contribution in [-0.4, -0.2) is 16.8 Å². The van der Waals surface area contributed by atoms with Gasteiger partial charge in [-0.3, -0.25) is 14.5 Å². The Hall–Kier alpha value is -3.54. The molecular weight excluding hydrogens is 461 g/mol. The standard InChI is InChI=1S/C26H17Cl2NO4/c1-14-5-4-7-16(11-14)23-22(24(30)21-12-15-6-2-3-8-20(15)33-21)25(31)26(32)29(23)17-9-10-18(27)19(28)13-17/h2-13,23,31H,1H3. The van der Waals surface area contributed by atoms with Gasteiger partial charge < -0.3 is 9.52 Å². The minimum atomic E-state index is -0.879. The van der Waals surface area contributed by atoms with E-state index in [1.807, 2.05) is 37.3 Å². The number of Topliss-reactive ketones (excluding diaryl/α,β-unsaturated/α-hetero) is 1. The molecule has 0 fully saturated rings. The highest BCUT2D eigenvalue weighted by Crippen LogP contribution is 2.43. The minimum absolute atomic E-state index is 0.0409. The lowest BCUT2D eigenvalue weighted by atomic mass is 9.94. The van der Waals surface area contributed by atoms with Gasteiger partial charge in [-0.2, -0.15) is 0 Å². The molecule has 1 aliphatic rings. The van der Waals surface area contributed by atoms with Crippen molar-refractivity contribution in [2.75, 3.05) is 4.90 Å². The van der Waals surface area contributed by atoms with Gasteiger partial charge in [0.1, 0.15) is 5.58 Å². The van der Waals surface area contributed by atoms with Gasteiger partial charge in [0.2, 0.25) is 5.78 Å². The number of carbonyl (C=O) groups excluding carboxylic acids is 2. The lowest BCUT2D eigenvalue weighted by molar-refractivity contribution is -0.117. The Morgan fingerprint density at radius 1 is 0.970 bits per heavy atom. The van der Waals surface area contributed by atoms with Crippen LogP contribution in [0.15, 0.2) is 88.5 Å². The van der Waals surface area contributed by atoms with E-state index in [9.17, 15) is 14.7 Å². The third kappa shape index (κ3) is 3.59. The second-order valence-corrected chi connectivity index (χ2v) is 8.64. The molecule has 0 spiro atoms. The van der Waals surface area contributed by atoms with E-state index in [2.05, 4.69) is 0 Å². The summed E-state index contributed by atoms with van der Waals surface area (Å²) in [6.45, 7) is 1.91. The number of halogens is 2. The summed E-state index contributed by atoms with van der Waals surface area (Å²) in [7, 11) is 0. The first kappa shape index (κ1) is 21.3. The first-order valence-electron chi connectivity index (χ1n) is 10.2. The lowest BCUT2D eigenvalue weighted by Crippen LogP contribution is -2.31. The smallest absolute Gasteiger partial charge is 0.294 e. The summed E-state index contributed by atoms with van der Waals surface area (Å²) in [5.41, 5.74) is 2.49. The van der Waals surface area contributed by atoms with Crippen molar-refractivity contribution in [3.8, 4) is 0 Å². The number of fused-ring (bicyclic) bond motifs is 1. The van der Waals surface area contributed by atoms with Gasteiger partial charge >= 0.3 is 0 Å². The average molecular weight is 478 g/mol. The quantitative estimate of drug-likeness (QED) is 0.327. The summed E-state index contributed by atoms with van der Waals surface area (Å²) in [6.07, 6.45) is 0. The Bertz CT molecular complexity index is 1440. The van der Waals surface area contributed by atoms with E-state index in [0.717, 1.165) is 10.9 Å². The molecule has 0 bridgehead atoms. The third-order valence-corrected chi connectivity index (χ3v) is 6.38. The van der Waals surface area contributed by atoms with Crippen molar-refractivity contribution >= 4 is 51.5 Å². The zero-order valence-corrected chi connectivity index (χ0v) is 18.9. The molecule has 5 nitrogen and oxygen atoms in total. The maximum absolute atomic E-state index is 13.6. The van der Waals surface area contributed by atoms with Crippen LogP contribution in [0.4, 0.5) is 5.69 Å². The number of nitrogens with zero attached hydrogens (tertiary/aromatic N) is 1. The monoisotopic (exact) mass is 477 g/mol. The molecule has 4 aromatic rings. The molecule has 0 aliphatic carbocycles. The highest BCUT2D eigenvalue weighted by Gasteiger charge is 2.45. The van der Waals surface area contributed by atoms with Crippen LogP contribution in [0, 0.1) is 6.92 Å². The van der Waals surface area contributed by atoms with Gasteiger partial charge in [-0.25, -0.2) is 0 Å². The van der Waals surface area contributed by atoms with Crippen LogP contribution in [0.3, 0.4) is 0 Å². The molecule has 33 heavy (non-hydrogen) atoms. The van der Waals surface area contributed by atoms with E-state index in [0.29, 0.717) is 21.9 Å². The van der Waals surface area contributed by atoms with Gasteiger partial charge in [0, 0.05) is 11.1 Å². The second-order valence-electron chi connectivity index (χ2n) is 7.83. The first-order chi connectivity index (χ1) is 15.8. The highest BCUT2D eigenvalue weighted by atomic mass is 35.5. The number of benzene rings is 3. The molecule has 3 aromatic carbocycles. The Morgan fingerprint density at radius 2 is 1.76 bits per heavy atom. The predicted octanol–water partition coefficient (Wildman–Crippen LogP) is 6.83. The van der Waals surface area contributed by atoms with Crippen LogP contribution < -0.4 is 4.90 Å². The number of ketones is 1. The average Bonchev–Trinajstić information content (AvgIpc) is 3.35. The summed E-state index contributed by atoms with van der Waals surface area (Å²) >= 11 is 12.3. The number of para-hydroxylation sites is 1. The molecule has 1 aliphatic heterocycles. The minimum Gasteiger partial charge on any atom is -0.503 e. The van der Waals surface area contributed by atoms with Crippen LogP contribution in [0.1, 0.15) is 27.7 Å².